The molecule has 0 N–H and O–H groups in total. The van der Waals surface area contributed by atoms with Gasteiger partial charge in [-0.15, -0.1) is 0 Å². The molecule has 7 aromatic carbocycles. The number of unbranched alkanes of at least 4 members (excludes halogenated alkanes) is 6. The van der Waals surface area contributed by atoms with Crippen molar-refractivity contribution in [3.63, 3.8) is 0 Å². The van der Waals surface area contributed by atoms with E-state index in [0.717, 1.165) is 121 Å². The molecule has 0 spiro atoms. The van der Waals surface area contributed by atoms with Crippen molar-refractivity contribution in [2.75, 3.05) is 13.2 Å². The van der Waals surface area contributed by atoms with Gasteiger partial charge in [0.25, 0.3) is 0 Å². The molecule has 0 aliphatic carbocycles. The maximum absolute atomic E-state index is 11.2. The summed E-state index contributed by atoms with van der Waals surface area (Å²) in [7, 11) is 0. The van der Waals surface area contributed by atoms with Crippen molar-refractivity contribution in [2.24, 2.45) is 0 Å². The van der Waals surface area contributed by atoms with Crippen LogP contribution in [-0.4, -0.2) is 38.4 Å². The van der Waals surface area contributed by atoms with E-state index in [2.05, 4.69) is 84.9 Å². The Labute approximate surface area is 471 Å². The zero-order chi connectivity index (χ0) is 56.0. The van der Waals surface area contributed by atoms with Crippen molar-refractivity contribution in [1.29, 1.82) is 0 Å². The number of hydrogen-bond donors (Lipinski definition) is 0. The van der Waals surface area contributed by atoms with Crippen LogP contribution in [0.15, 0.2) is 169 Å². The number of benzene rings is 7. The molecule has 0 aromatic heterocycles. The molecule has 0 fully saturated rings. The minimum atomic E-state index is 0.534. The molecule has 0 radical (unpaired) electrons. The van der Waals surface area contributed by atoms with Gasteiger partial charge in [-0.1, -0.05) is 196 Å². The highest BCUT2D eigenvalue weighted by atomic mass is 16.5. The molecule has 0 atom stereocenters. The molecule has 0 amide bonds. The third-order valence-corrected chi connectivity index (χ3v) is 12.3. The summed E-state index contributed by atoms with van der Waals surface area (Å²) in [6.07, 6.45) is 15.5. The SMILES string of the molecule is CCCCCCOc1cc(C#Cc2ccc(C=C(C#Cc3ccc(C=O)cc3)C#Cc3ccc(C=O)cc3)cc2)c(OCCCCCC)cc1C#Cc1ccc(C=C(C#Cc2ccc(C=O)cc2)C#Cc2ccc(C=O)cc2)cc1. The summed E-state index contributed by atoms with van der Waals surface area (Å²) < 4.78 is 13.0. The average molecular weight is 1040 g/mol. The highest BCUT2D eigenvalue weighted by molar-refractivity contribution is 5.77. The summed E-state index contributed by atoms with van der Waals surface area (Å²) in [5, 5.41) is 0. The average Bonchev–Trinajstić information content (AvgIpc) is 3.51. The maximum Gasteiger partial charge on any atom is 0.150 e. The van der Waals surface area contributed by atoms with E-state index in [1.54, 1.807) is 97.1 Å². The first kappa shape index (κ1) is 57.4. The van der Waals surface area contributed by atoms with Crippen molar-refractivity contribution in [1.82, 2.24) is 0 Å². The summed E-state index contributed by atoms with van der Waals surface area (Å²) >= 11 is 0. The van der Waals surface area contributed by atoms with Crippen LogP contribution in [-0.2, 0) is 0 Å². The van der Waals surface area contributed by atoms with Gasteiger partial charge in [-0.2, -0.15) is 0 Å². The second-order valence-corrected chi connectivity index (χ2v) is 18.5. The van der Waals surface area contributed by atoms with Crippen molar-refractivity contribution in [3.8, 4) is 82.5 Å². The topological polar surface area (TPSA) is 86.7 Å². The van der Waals surface area contributed by atoms with Crippen molar-refractivity contribution >= 4 is 37.3 Å². The van der Waals surface area contributed by atoms with Gasteiger partial charge in [0, 0.05) is 67.8 Å². The van der Waals surface area contributed by atoms with Gasteiger partial charge in [-0.25, -0.2) is 0 Å². The van der Waals surface area contributed by atoms with Gasteiger partial charge in [0.15, 0.2) is 0 Å². The molecule has 6 nitrogen and oxygen atoms in total. The molecule has 0 bridgehead atoms. The van der Waals surface area contributed by atoms with E-state index in [-0.39, 0.29) is 0 Å². The normalized spacial score (nSPS) is 9.72. The Morgan fingerprint density at radius 2 is 0.588 bits per heavy atom. The monoisotopic (exact) mass is 1040 g/mol. The fraction of sp³-hybridized carbons (Fsp3) is 0.162. The lowest BCUT2D eigenvalue weighted by molar-refractivity contribution is 0.111. The molecule has 7 rings (SSSR count). The summed E-state index contributed by atoms with van der Waals surface area (Å²) in [5.41, 5.74) is 11.2. The highest BCUT2D eigenvalue weighted by Crippen LogP contribution is 2.30. The molecular weight excluding hydrogens is 985 g/mol. The molecule has 0 aliphatic heterocycles. The van der Waals surface area contributed by atoms with E-state index in [9.17, 15) is 19.2 Å². The molecule has 0 heterocycles. The molecule has 0 saturated heterocycles. The van der Waals surface area contributed by atoms with Gasteiger partial charge >= 0.3 is 0 Å². The van der Waals surface area contributed by atoms with E-state index in [0.29, 0.717) is 69.2 Å². The quantitative estimate of drug-likeness (QED) is 0.0483. The molecular formula is C74H58O6. The number of carbonyl (C=O) groups is 4. The van der Waals surface area contributed by atoms with Crippen LogP contribution in [0.25, 0.3) is 12.2 Å². The van der Waals surface area contributed by atoms with Crippen molar-refractivity contribution < 1.29 is 28.7 Å². The maximum atomic E-state index is 11.2. The van der Waals surface area contributed by atoms with E-state index in [4.69, 9.17) is 9.47 Å². The first-order chi connectivity index (χ1) is 39.3. The largest absolute Gasteiger partial charge is 0.492 e. The lowest BCUT2D eigenvalue weighted by Gasteiger charge is -2.14. The Bertz CT molecular complexity index is 3340. The first-order valence-corrected chi connectivity index (χ1v) is 26.7. The number of carbonyl (C=O) groups excluding carboxylic acids is 4. The molecule has 80 heavy (non-hydrogen) atoms. The van der Waals surface area contributed by atoms with Crippen LogP contribution < -0.4 is 9.47 Å². The summed E-state index contributed by atoms with van der Waals surface area (Å²) in [6.45, 7) is 5.44. The minimum absolute atomic E-state index is 0.534. The minimum Gasteiger partial charge on any atom is -0.492 e. The van der Waals surface area contributed by atoms with Crippen molar-refractivity contribution in [2.45, 2.75) is 65.2 Å². The van der Waals surface area contributed by atoms with Crippen LogP contribution in [0.3, 0.4) is 0 Å². The third kappa shape index (κ3) is 19.0. The fourth-order valence-corrected chi connectivity index (χ4v) is 7.70. The van der Waals surface area contributed by atoms with Crippen LogP contribution in [0.5, 0.6) is 11.5 Å². The molecule has 0 aliphatic rings. The Kier molecular flexibility index (Phi) is 22.7. The Morgan fingerprint density at radius 3 is 0.850 bits per heavy atom. The molecule has 6 heteroatoms. The second kappa shape index (κ2) is 31.6. The van der Waals surface area contributed by atoms with E-state index in [1.807, 2.05) is 72.8 Å². The summed E-state index contributed by atoms with van der Waals surface area (Å²) in [5.74, 6) is 40.2. The van der Waals surface area contributed by atoms with Gasteiger partial charge in [0.1, 0.15) is 36.6 Å². The number of ether oxygens (including phenoxy) is 2. The van der Waals surface area contributed by atoms with Gasteiger partial charge in [0.05, 0.1) is 35.5 Å². The van der Waals surface area contributed by atoms with Gasteiger partial charge in [-0.05, 0) is 109 Å². The van der Waals surface area contributed by atoms with Crippen LogP contribution in [0, 0.1) is 71.0 Å². The van der Waals surface area contributed by atoms with E-state index >= 15 is 0 Å². The lowest BCUT2D eigenvalue weighted by Crippen LogP contribution is -2.03. The van der Waals surface area contributed by atoms with Gasteiger partial charge in [0.2, 0.25) is 0 Å². The molecule has 0 unspecified atom stereocenters. The molecule has 7 aromatic rings. The highest BCUT2D eigenvalue weighted by Gasteiger charge is 2.12. The van der Waals surface area contributed by atoms with E-state index < -0.39 is 0 Å². The predicted molar refractivity (Wildman–Crippen MR) is 321 cm³/mol. The predicted octanol–water partition coefficient (Wildman–Crippen LogP) is 14.6. The Balaban J connectivity index is 1.18. The number of aldehydes is 4. The van der Waals surface area contributed by atoms with Crippen LogP contribution >= 0.6 is 0 Å². The fourth-order valence-electron chi connectivity index (χ4n) is 7.70. The molecule has 0 saturated carbocycles. The lowest BCUT2D eigenvalue weighted by atomic mass is 10.1. The van der Waals surface area contributed by atoms with Crippen LogP contribution in [0.2, 0.25) is 0 Å². The molecule has 390 valence electrons. The summed E-state index contributed by atoms with van der Waals surface area (Å²) in [6, 6.07) is 47.8. The zero-order valence-corrected chi connectivity index (χ0v) is 45.0. The smallest absolute Gasteiger partial charge is 0.150 e. The van der Waals surface area contributed by atoms with Gasteiger partial charge in [-0.3, -0.25) is 19.2 Å². The standard InChI is InChI=1S/C74H58O6/c1-3-5-7-9-47-79-73-51-72(46-44-62-17-33-66(34-18-62)50-64(29-13-59-23-39-69(55-77)40-24-59)30-14-60-25-41-70(56-78)42-26-60)74(80-48-10-8-6-4-2)52-71(73)45-43-61-15-31-65(32-16-61)49-63(27-11-57-19-35-67(53-75)36-20-57)28-12-58-21-37-68(54-76)38-22-58/h15-26,31-42,49-56H,3-10,47-48H2,1-2H3. The van der Waals surface area contributed by atoms with Crippen molar-refractivity contribution in [3.05, 3.63) is 247 Å². The first-order valence-electron chi connectivity index (χ1n) is 26.7. The van der Waals surface area contributed by atoms with Gasteiger partial charge < -0.3 is 9.47 Å². The second-order valence-electron chi connectivity index (χ2n) is 18.5. The summed E-state index contributed by atoms with van der Waals surface area (Å²) in [4.78, 5) is 44.8. The zero-order valence-electron chi connectivity index (χ0n) is 45.0. The van der Waals surface area contributed by atoms with Crippen LogP contribution in [0.1, 0.15) is 162 Å². The number of rotatable bonds is 18. The Morgan fingerprint density at radius 1 is 0.325 bits per heavy atom. The van der Waals surface area contributed by atoms with Crippen LogP contribution in [0.4, 0.5) is 0 Å². The Hall–Kier alpha value is -10.3. The number of allylic oxidation sites excluding steroid dienone is 2. The third-order valence-electron chi connectivity index (χ3n) is 12.3. The number of hydrogen-bond acceptors (Lipinski definition) is 6. The van der Waals surface area contributed by atoms with E-state index in [1.165, 1.54) is 0 Å².